The number of ether oxygens (including phenoxy) is 1. The molecule has 1 atom stereocenters. The quantitative estimate of drug-likeness (QED) is 0.331. The lowest BCUT2D eigenvalue weighted by Crippen LogP contribution is -2.41. The second-order valence-corrected chi connectivity index (χ2v) is 4.86. The maximum absolute atomic E-state index is 11.7. The van der Waals surface area contributed by atoms with E-state index in [0.717, 1.165) is 0 Å². The molecule has 1 amide bonds. The second-order valence-electron chi connectivity index (χ2n) is 4.86. The van der Waals surface area contributed by atoms with Crippen LogP contribution < -0.4 is 11.1 Å². The molecule has 1 heterocycles. The molecule has 1 rings (SSSR count). The molecule has 0 spiro atoms. The van der Waals surface area contributed by atoms with Crippen LogP contribution >= 0.6 is 0 Å². The molecular weight excluding hydrogens is 248 g/mol. The summed E-state index contributed by atoms with van der Waals surface area (Å²) in [6.07, 6.45) is 0.874. The molecule has 4 N–H and O–H groups in total. The monoisotopic (exact) mass is 266 g/mol. The van der Waals surface area contributed by atoms with Crippen molar-refractivity contribution in [1.29, 1.82) is 0 Å². The lowest BCUT2D eigenvalue weighted by molar-refractivity contribution is 0.0516. The van der Waals surface area contributed by atoms with E-state index in [-0.39, 0.29) is 5.84 Å². The Labute approximate surface area is 111 Å². The van der Waals surface area contributed by atoms with E-state index < -0.39 is 17.7 Å². The van der Waals surface area contributed by atoms with Crippen molar-refractivity contribution in [1.82, 2.24) is 10.3 Å². The first kappa shape index (κ1) is 14.7. The topological polar surface area (TPSA) is 110 Å². The summed E-state index contributed by atoms with van der Waals surface area (Å²) in [5, 5.41) is 14.2. The molecular formula is C12H18N4O3. The number of hydrogen-bond acceptors (Lipinski definition) is 5. The predicted octanol–water partition coefficient (Wildman–Crippen LogP) is 1.39. The van der Waals surface area contributed by atoms with Crippen LogP contribution in [0.5, 0.6) is 0 Å². The van der Waals surface area contributed by atoms with Gasteiger partial charge in [0.25, 0.3) is 0 Å². The number of alkyl carbamates (subject to hydrolysis) is 1. The Morgan fingerprint density at radius 2 is 2.21 bits per heavy atom. The molecule has 104 valence electrons. The molecule has 19 heavy (non-hydrogen) atoms. The van der Waals surface area contributed by atoms with Crippen LogP contribution in [0.4, 0.5) is 4.79 Å². The number of rotatable bonds is 3. The number of hydrogen-bond donors (Lipinski definition) is 3. The second kappa shape index (κ2) is 6.03. The van der Waals surface area contributed by atoms with E-state index in [1.807, 2.05) is 0 Å². The van der Waals surface area contributed by atoms with Gasteiger partial charge in [0.2, 0.25) is 0 Å². The average molecular weight is 266 g/mol. The average Bonchev–Trinajstić information content (AvgIpc) is 2.34. The Hall–Kier alpha value is -2.31. The van der Waals surface area contributed by atoms with Crippen LogP contribution in [0.15, 0.2) is 29.6 Å². The molecule has 1 aromatic rings. The zero-order chi connectivity index (χ0) is 14.5. The minimum absolute atomic E-state index is 0.176. The standard InChI is InChI=1S/C12H18N4O3/c1-12(2,3)19-11(17)15-9(10(13)16-18)8-6-4-5-7-14-8/h4-7,9,18H,1-3H3,(H2,13,16)(H,15,17)/t9-/m0/s1. The minimum atomic E-state index is -0.846. The lowest BCUT2D eigenvalue weighted by Gasteiger charge is -2.22. The molecule has 0 radical (unpaired) electrons. The summed E-state index contributed by atoms with van der Waals surface area (Å²) in [5.41, 5.74) is 5.36. The molecule has 7 nitrogen and oxygen atoms in total. The molecule has 0 unspecified atom stereocenters. The van der Waals surface area contributed by atoms with Gasteiger partial charge < -0.3 is 21.0 Å². The van der Waals surface area contributed by atoms with Crippen molar-refractivity contribution < 1.29 is 14.7 Å². The number of amidine groups is 1. The van der Waals surface area contributed by atoms with Crippen LogP contribution in [0.1, 0.15) is 32.5 Å². The van der Waals surface area contributed by atoms with E-state index in [1.54, 1.807) is 45.2 Å². The van der Waals surface area contributed by atoms with E-state index in [2.05, 4.69) is 15.5 Å². The zero-order valence-electron chi connectivity index (χ0n) is 11.1. The summed E-state index contributed by atoms with van der Waals surface area (Å²) in [7, 11) is 0. The Morgan fingerprint density at radius 1 is 1.53 bits per heavy atom. The summed E-state index contributed by atoms with van der Waals surface area (Å²) in [4.78, 5) is 15.8. The molecule has 0 saturated carbocycles. The molecule has 0 bridgehead atoms. The molecule has 0 fully saturated rings. The van der Waals surface area contributed by atoms with E-state index in [4.69, 9.17) is 15.7 Å². The van der Waals surface area contributed by atoms with Crippen LogP contribution in [0.2, 0.25) is 0 Å². The van der Waals surface area contributed by atoms with Gasteiger partial charge in [-0.05, 0) is 32.9 Å². The van der Waals surface area contributed by atoms with Gasteiger partial charge >= 0.3 is 6.09 Å². The highest BCUT2D eigenvalue weighted by molar-refractivity contribution is 5.89. The van der Waals surface area contributed by atoms with Gasteiger partial charge in [-0.15, -0.1) is 0 Å². The van der Waals surface area contributed by atoms with Crippen molar-refractivity contribution in [3.63, 3.8) is 0 Å². The van der Waals surface area contributed by atoms with Gasteiger partial charge in [0.1, 0.15) is 11.6 Å². The van der Waals surface area contributed by atoms with Gasteiger partial charge in [0.05, 0.1) is 5.69 Å². The molecule has 0 aliphatic heterocycles. The van der Waals surface area contributed by atoms with Crippen LogP contribution in [-0.4, -0.2) is 27.7 Å². The fourth-order valence-corrected chi connectivity index (χ4v) is 1.33. The van der Waals surface area contributed by atoms with Gasteiger partial charge in [-0.2, -0.15) is 0 Å². The summed E-state index contributed by atoms with van der Waals surface area (Å²) in [6.45, 7) is 5.23. The number of carbonyl (C=O) groups is 1. The maximum atomic E-state index is 11.7. The highest BCUT2D eigenvalue weighted by Gasteiger charge is 2.24. The molecule has 0 aliphatic carbocycles. The first-order valence-corrected chi connectivity index (χ1v) is 5.71. The minimum Gasteiger partial charge on any atom is -0.444 e. The third-order valence-corrected chi connectivity index (χ3v) is 2.06. The first-order chi connectivity index (χ1) is 8.83. The van der Waals surface area contributed by atoms with Crippen LogP contribution in [-0.2, 0) is 4.74 Å². The van der Waals surface area contributed by atoms with Gasteiger partial charge in [-0.3, -0.25) is 4.98 Å². The van der Waals surface area contributed by atoms with Crippen molar-refractivity contribution in [2.75, 3.05) is 0 Å². The van der Waals surface area contributed by atoms with Gasteiger partial charge in [0, 0.05) is 6.20 Å². The number of amides is 1. The molecule has 0 saturated heterocycles. The van der Waals surface area contributed by atoms with Gasteiger partial charge in [-0.25, -0.2) is 4.79 Å². The van der Waals surface area contributed by atoms with Crippen LogP contribution in [0, 0.1) is 0 Å². The predicted molar refractivity (Wildman–Crippen MR) is 69.8 cm³/mol. The van der Waals surface area contributed by atoms with E-state index >= 15 is 0 Å². The largest absolute Gasteiger partial charge is 0.444 e. The SMILES string of the molecule is CC(C)(C)OC(=O)N[C@H](C(N)=NO)c1ccccn1. The number of aromatic nitrogens is 1. The Balaban J connectivity index is 2.86. The molecule has 7 heteroatoms. The van der Waals surface area contributed by atoms with Gasteiger partial charge in [0.15, 0.2) is 5.84 Å². The summed E-state index contributed by atoms with van der Waals surface area (Å²) in [5.74, 6) is -0.176. The number of nitrogens with two attached hydrogens (primary N) is 1. The highest BCUT2D eigenvalue weighted by Crippen LogP contribution is 2.12. The number of pyridine rings is 1. The summed E-state index contributed by atoms with van der Waals surface area (Å²) in [6, 6.07) is 4.26. The van der Waals surface area contributed by atoms with Crippen LogP contribution in [0.25, 0.3) is 0 Å². The number of nitrogens with one attached hydrogen (secondary N) is 1. The van der Waals surface area contributed by atoms with E-state index in [1.165, 1.54) is 0 Å². The van der Waals surface area contributed by atoms with Crippen molar-refractivity contribution in [2.24, 2.45) is 10.9 Å². The number of nitrogens with zero attached hydrogens (tertiary/aromatic N) is 2. The van der Waals surface area contributed by atoms with E-state index in [9.17, 15) is 4.79 Å². The molecule has 1 aromatic heterocycles. The Bertz CT molecular complexity index is 454. The molecule has 0 aromatic carbocycles. The third-order valence-electron chi connectivity index (χ3n) is 2.06. The van der Waals surface area contributed by atoms with Crippen molar-refractivity contribution >= 4 is 11.9 Å². The lowest BCUT2D eigenvalue weighted by atomic mass is 10.1. The van der Waals surface area contributed by atoms with Gasteiger partial charge in [-0.1, -0.05) is 11.2 Å². The van der Waals surface area contributed by atoms with Crippen molar-refractivity contribution in [2.45, 2.75) is 32.4 Å². The highest BCUT2D eigenvalue weighted by atomic mass is 16.6. The third kappa shape index (κ3) is 4.82. The van der Waals surface area contributed by atoms with E-state index in [0.29, 0.717) is 5.69 Å². The normalized spacial score (nSPS) is 13.7. The molecule has 0 aliphatic rings. The smallest absolute Gasteiger partial charge is 0.408 e. The Kier molecular flexibility index (Phi) is 4.68. The number of carbonyl (C=O) groups excluding carboxylic acids is 1. The Morgan fingerprint density at radius 3 is 2.68 bits per heavy atom. The van der Waals surface area contributed by atoms with Crippen LogP contribution in [0.3, 0.4) is 0 Å². The maximum Gasteiger partial charge on any atom is 0.408 e. The summed E-state index contributed by atoms with van der Waals surface area (Å²) < 4.78 is 5.11. The summed E-state index contributed by atoms with van der Waals surface area (Å²) >= 11 is 0. The fraction of sp³-hybridized carbons (Fsp3) is 0.417. The number of oxime groups is 1. The van der Waals surface area contributed by atoms with Crippen molar-refractivity contribution in [3.05, 3.63) is 30.1 Å². The first-order valence-electron chi connectivity index (χ1n) is 5.71. The van der Waals surface area contributed by atoms with Crippen molar-refractivity contribution in [3.8, 4) is 0 Å². The zero-order valence-corrected chi connectivity index (χ0v) is 11.1. The fourth-order valence-electron chi connectivity index (χ4n) is 1.33.